The molecule has 1 N–H and O–H groups in total. The highest BCUT2D eigenvalue weighted by Gasteiger charge is 2.25. The summed E-state index contributed by atoms with van der Waals surface area (Å²) in [6.07, 6.45) is 0.0871. The Morgan fingerprint density at radius 1 is 1.12 bits per heavy atom. The Bertz CT molecular complexity index is 1170. The molecule has 0 spiro atoms. The first-order valence-corrected chi connectivity index (χ1v) is 11.8. The van der Waals surface area contributed by atoms with Gasteiger partial charge in [-0.05, 0) is 51.0 Å². The third-order valence-electron chi connectivity index (χ3n) is 5.97. The van der Waals surface area contributed by atoms with Gasteiger partial charge in [-0.3, -0.25) is 4.79 Å². The number of benzene rings is 2. The average molecular weight is 485 g/mol. The molecule has 6 nitrogen and oxygen atoms in total. The Labute approximate surface area is 204 Å². The van der Waals surface area contributed by atoms with Crippen LogP contribution in [0.1, 0.15) is 46.6 Å². The molecular weight excluding hydrogens is 455 g/mol. The summed E-state index contributed by atoms with van der Waals surface area (Å²) in [4.78, 5) is 14.9. The summed E-state index contributed by atoms with van der Waals surface area (Å²) < 4.78 is 22.2. The quantitative estimate of drug-likeness (QED) is 0.541. The smallest absolute Gasteiger partial charge is 0.256 e. The Morgan fingerprint density at radius 3 is 2.41 bits per heavy atom. The van der Waals surface area contributed by atoms with Gasteiger partial charge in [0.2, 0.25) is 0 Å². The number of halogens is 2. The number of rotatable bonds is 6. The number of morpholine rings is 1. The summed E-state index contributed by atoms with van der Waals surface area (Å²) in [6.45, 7) is 9.69. The van der Waals surface area contributed by atoms with Crippen LogP contribution in [-0.2, 0) is 17.8 Å². The number of carbonyl (C=O) groups excluding carboxylic acids is 1. The van der Waals surface area contributed by atoms with E-state index in [1.807, 2.05) is 56.0 Å². The second-order valence-corrected chi connectivity index (χ2v) is 9.38. The van der Waals surface area contributed by atoms with Crippen molar-refractivity contribution in [3.05, 3.63) is 81.4 Å². The van der Waals surface area contributed by atoms with Crippen LogP contribution in [-0.4, -0.2) is 41.0 Å². The van der Waals surface area contributed by atoms with Crippen molar-refractivity contribution in [1.82, 2.24) is 15.1 Å². The first kappa shape index (κ1) is 24.2. The number of nitrogens with zero attached hydrogens (tertiary/aromatic N) is 3. The predicted molar refractivity (Wildman–Crippen MR) is 132 cm³/mol. The van der Waals surface area contributed by atoms with Gasteiger partial charge in [0, 0.05) is 19.6 Å². The number of aromatic nitrogens is 2. The number of carbonyl (C=O) groups is 1. The zero-order valence-corrected chi connectivity index (χ0v) is 20.7. The average Bonchev–Trinajstić information content (AvgIpc) is 3.05. The van der Waals surface area contributed by atoms with E-state index in [1.54, 1.807) is 17.7 Å². The van der Waals surface area contributed by atoms with E-state index in [-0.39, 0.29) is 35.6 Å². The van der Waals surface area contributed by atoms with Gasteiger partial charge in [0.05, 0.1) is 35.7 Å². The van der Waals surface area contributed by atoms with Crippen LogP contribution in [0.15, 0.2) is 42.5 Å². The fourth-order valence-electron chi connectivity index (χ4n) is 4.34. The van der Waals surface area contributed by atoms with Gasteiger partial charge < -0.3 is 15.0 Å². The normalized spacial score (nSPS) is 18.2. The van der Waals surface area contributed by atoms with Crippen molar-refractivity contribution in [1.29, 1.82) is 0 Å². The van der Waals surface area contributed by atoms with E-state index in [0.717, 1.165) is 5.56 Å². The number of ether oxygens (including phenoxy) is 1. The number of hydrogen-bond donors (Lipinski definition) is 1. The molecule has 2 unspecified atom stereocenters. The second kappa shape index (κ2) is 10.2. The summed E-state index contributed by atoms with van der Waals surface area (Å²) in [5.41, 5.74) is 4.32. The SMILES string of the molecule is Cc1ccc(Cn2nc(C)c(C(=O)NCc3ccc(N4CC(C)OC(C)C4)c(F)c3)c2Cl)cc1. The molecule has 0 saturated carbocycles. The molecule has 4 rings (SSSR count). The van der Waals surface area contributed by atoms with Gasteiger partial charge >= 0.3 is 0 Å². The summed E-state index contributed by atoms with van der Waals surface area (Å²) in [5.74, 6) is -0.647. The molecule has 8 heteroatoms. The van der Waals surface area contributed by atoms with Crippen LogP contribution >= 0.6 is 11.6 Å². The molecular formula is C26H30ClFN4O2. The molecule has 180 valence electrons. The largest absolute Gasteiger partial charge is 0.372 e. The maximum atomic E-state index is 14.9. The number of anilines is 1. The molecule has 2 heterocycles. The highest BCUT2D eigenvalue weighted by atomic mass is 35.5. The van der Waals surface area contributed by atoms with Gasteiger partial charge in [-0.25, -0.2) is 9.07 Å². The Balaban J connectivity index is 1.42. The van der Waals surface area contributed by atoms with E-state index in [1.165, 1.54) is 11.6 Å². The van der Waals surface area contributed by atoms with Gasteiger partial charge in [-0.1, -0.05) is 47.5 Å². The van der Waals surface area contributed by atoms with Crippen molar-refractivity contribution >= 4 is 23.2 Å². The fraction of sp³-hybridized carbons (Fsp3) is 0.385. The van der Waals surface area contributed by atoms with Gasteiger partial charge in [-0.15, -0.1) is 0 Å². The van der Waals surface area contributed by atoms with E-state index >= 15 is 0 Å². The minimum atomic E-state index is -0.335. The standard InChI is InChI=1S/C26H30ClFN4O2/c1-16-5-7-20(8-6-16)15-32-25(27)24(19(4)30-32)26(33)29-12-21-9-10-23(22(28)11-21)31-13-17(2)34-18(3)14-31/h5-11,17-18H,12-15H2,1-4H3,(H,29,33). The third kappa shape index (κ3) is 5.42. The predicted octanol–water partition coefficient (Wildman–Crippen LogP) is 4.88. The van der Waals surface area contributed by atoms with Crippen molar-refractivity contribution in [2.24, 2.45) is 0 Å². The van der Waals surface area contributed by atoms with E-state index in [9.17, 15) is 9.18 Å². The van der Waals surface area contributed by atoms with E-state index in [4.69, 9.17) is 16.3 Å². The third-order valence-corrected chi connectivity index (χ3v) is 6.35. The van der Waals surface area contributed by atoms with E-state index < -0.39 is 0 Å². The molecule has 1 saturated heterocycles. The molecule has 3 aromatic rings. The van der Waals surface area contributed by atoms with Crippen molar-refractivity contribution in [3.63, 3.8) is 0 Å². The highest BCUT2D eigenvalue weighted by Crippen LogP contribution is 2.25. The minimum Gasteiger partial charge on any atom is -0.372 e. The van der Waals surface area contributed by atoms with E-state index in [0.29, 0.717) is 42.1 Å². The van der Waals surface area contributed by atoms with Crippen molar-refractivity contribution < 1.29 is 13.9 Å². The minimum absolute atomic E-state index is 0.0435. The molecule has 0 bridgehead atoms. The van der Waals surface area contributed by atoms with Crippen LogP contribution in [0.2, 0.25) is 5.15 Å². The Morgan fingerprint density at radius 2 is 1.76 bits per heavy atom. The lowest BCUT2D eigenvalue weighted by molar-refractivity contribution is -0.00539. The summed E-state index contributed by atoms with van der Waals surface area (Å²) in [7, 11) is 0. The molecule has 1 aliphatic rings. The molecule has 0 aliphatic carbocycles. The number of nitrogens with one attached hydrogen (secondary N) is 1. The zero-order valence-electron chi connectivity index (χ0n) is 19.9. The molecule has 1 fully saturated rings. The summed E-state index contributed by atoms with van der Waals surface area (Å²) in [6, 6.07) is 13.1. The van der Waals surface area contributed by atoms with Gasteiger partial charge in [0.1, 0.15) is 11.0 Å². The van der Waals surface area contributed by atoms with Crippen molar-refractivity contribution in [3.8, 4) is 0 Å². The van der Waals surface area contributed by atoms with Gasteiger partial charge in [-0.2, -0.15) is 5.10 Å². The number of hydrogen-bond acceptors (Lipinski definition) is 4. The van der Waals surface area contributed by atoms with Crippen LogP contribution in [0, 0.1) is 19.7 Å². The van der Waals surface area contributed by atoms with Crippen molar-refractivity contribution in [2.75, 3.05) is 18.0 Å². The molecule has 1 aliphatic heterocycles. The van der Waals surface area contributed by atoms with Crippen molar-refractivity contribution in [2.45, 2.75) is 53.0 Å². The maximum Gasteiger partial charge on any atom is 0.256 e. The van der Waals surface area contributed by atoms with Gasteiger partial charge in [0.15, 0.2) is 0 Å². The Kier molecular flexibility index (Phi) is 7.24. The first-order chi connectivity index (χ1) is 16.2. The van der Waals surface area contributed by atoms with Crippen LogP contribution in [0.4, 0.5) is 10.1 Å². The lowest BCUT2D eigenvalue weighted by Gasteiger charge is -2.37. The summed E-state index contributed by atoms with van der Waals surface area (Å²) in [5, 5.41) is 7.57. The number of amides is 1. The van der Waals surface area contributed by atoms with Crippen LogP contribution in [0.25, 0.3) is 0 Å². The van der Waals surface area contributed by atoms with Gasteiger partial charge in [0.25, 0.3) is 5.91 Å². The topological polar surface area (TPSA) is 59.4 Å². The van der Waals surface area contributed by atoms with Crippen LogP contribution in [0.3, 0.4) is 0 Å². The lowest BCUT2D eigenvalue weighted by Crippen LogP contribution is -2.45. The molecule has 2 aromatic carbocycles. The molecule has 1 aromatic heterocycles. The second-order valence-electron chi connectivity index (χ2n) is 9.03. The fourth-order valence-corrected chi connectivity index (χ4v) is 4.66. The molecule has 1 amide bonds. The number of aryl methyl sites for hydroxylation is 2. The lowest BCUT2D eigenvalue weighted by atomic mass is 10.1. The highest BCUT2D eigenvalue weighted by molar-refractivity contribution is 6.33. The maximum absolute atomic E-state index is 14.9. The van der Waals surface area contributed by atoms with E-state index in [2.05, 4.69) is 10.4 Å². The first-order valence-electron chi connectivity index (χ1n) is 11.5. The molecule has 0 radical (unpaired) electrons. The van der Waals surface area contributed by atoms with Crippen LogP contribution in [0.5, 0.6) is 0 Å². The summed E-state index contributed by atoms with van der Waals surface area (Å²) >= 11 is 6.51. The molecule has 34 heavy (non-hydrogen) atoms. The Hall–Kier alpha value is -2.90. The zero-order chi connectivity index (χ0) is 24.4. The molecule has 2 atom stereocenters. The van der Waals surface area contributed by atoms with Crippen LogP contribution < -0.4 is 10.2 Å². The monoisotopic (exact) mass is 484 g/mol.